The number of rotatable bonds is 6. The summed E-state index contributed by atoms with van der Waals surface area (Å²) in [7, 11) is 0. The molecule has 1 radical (unpaired) electrons. The molecular formula is C11H21O2. The molecule has 0 bridgehead atoms. The van der Waals surface area contributed by atoms with Crippen molar-refractivity contribution < 1.29 is 9.53 Å². The summed E-state index contributed by atoms with van der Waals surface area (Å²) in [5, 5.41) is 0. The van der Waals surface area contributed by atoms with Crippen LogP contribution in [0.3, 0.4) is 0 Å². The van der Waals surface area contributed by atoms with E-state index in [1.165, 1.54) is 18.9 Å². The lowest BCUT2D eigenvalue weighted by molar-refractivity contribution is -0.137. The molecule has 77 valence electrons. The normalized spacial score (nSPS) is 9.69. The van der Waals surface area contributed by atoms with Crippen LogP contribution in [0.1, 0.15) is 39.5 Å². The van der Waals surface area contributed by atoms with Crippen LogP contribution >= 0.6 is 0 Å². The number of unbranched alkanes of at least 4 members (excludes halogenated alkanes) is 3. The first-order valence-corrected chi connectivity index (χ1v) is 4.60. The zero-order valence-corrected chi connectivity index (χ0v) is 9.01. The fraction of sp³-hybridized carbons (Fsp3) is 0.636. The molecule has 13 heavy (non-hydrogen) atoms. The van der Waals surface area contributed by atoms with Crippen LogP contribution in [0.4, 0.5) is 0 Å². The van der Waals surface area contributed by atoms with Crippen LogP contribution in [-0.2, 0) is 9.53 Å². The highest BCUT2D eigenvalue weighted by Gasteiger charge is 1.94. The summed E-state index contributed by atoms with van der Waals surface area (Å²) in [6, 6.07) is 0. The second-order valence-corrected chi connectivity index (χ2v) is 2.73. The average molecular weight is 185 g/mol. The van der Waals surface area contributed by atoms with Crippen molar-refractivity contribution in [2.24, 2.45) is 0 Å². The summed E-state index contributed by atoms with van der Waals surface area (Å²) in [6.45, 7) is 4.52. The number of ether oxygens (including phenoxy) is 1. The fourth-order valence-electron chi connectivity index (χ4n) is 0.886. The molecule has 2 heteroatoms. The lowest BCUT2D eigenvalue weighted by Gasteiger charge is -2.00. The zero-order valence-electron chi connectivity index (χ0n) is 9.01. The number of carbonyl (C=O) groups excluding carboxylic acids is 1. The predicted molar refractivity (Wildman–Crippen MR) is 56.3 cm³/mol. The Morgan fingerprint density at radius 2 is 2.00 bits per heavy atom. The van der Waals surface area contributed by atoms with Crippen molar-refractivity contribution in [3.8, 4) is 0 Å². The fourth-order valence-corrected chi connectivity index (χ4v) is 0.886. The Kier molecular flexibility index (Phi) is 12.7. The molecule has 0 aliphatic heterocycles. The van der Waals surface area contributed by atoms with E-state index in [1.807, 2.05) is 0 Å². The van der Waals surface area contributed by atoms with Crippen molar-refractivity contribution in [3.05, 3.63) is 19.6 Å². The highest BCUT2D eigenvalue weighted by atomic mass is 16.5. The maximum Gasteiger partial charge on any atom is 0.330 e. The van der Waals surface area contributed by atoms with Crippen LogP contribution in [0.15, 0.2) is 12.2 Å². The third kappa shape index (κ3) is 11.2. The van der Waals surface area contributed by atoms with E-state index < -0.39 is 0 Å². The summed E-state index contributed by atoms with van der Waals surface area (Å²) in [5.41, 5.74) is 0. The van der Waals surface area contributed by atoms with Gasteiger partial charge in [0.2, 0.25) is 0 Å². The van der Waals surface area contributed by atoms with Gasteiger partial charge in [-0.2, -0.15) is 0 Å². The van der Waals surface area contributed by atoms with Crippen LogP contribution in [0.2, 0.25) is 0 Å². The maximum absolute atomic E-state index is 10.8. The molecule has 0 heterocycles. The molecule has 2 nitrogen and oxygen atoms in total. The molecule has 0 amide bonds. The van der Waals surface area contributed by atoms with Gasteiger partial charge >= 0.3 is 5.97 Å². The molecule has 0 aromatic carbocycles. The smallest absolute Gasteiger partial charge is 0.330 e. The molecule has 0 saturated heterocycles. The Morgan fingerprint density at radius 3 is 2.54 bits per heavy atom. The van der Waals surface area contributed by atoms with Gasteiger partial charge in [0.15, 0.2) is 0 Å². The molecule has 0 atom stereocenters. The highest BCUT2D eigenvalue weighted by molar-refractivity contribution is 5.81. The van der Waals surface area contributed by atoms with Crippen molar-refractivity contribution in [3.63, 3.8) is 0 Å². The number of hydrogen-bond donors (Lipinski definition) is 0. The molecule has 0 aromatic heterocycles. The van der Waals surface area contributed by atoms with Crippen LogP contribution in [0.25, 0.3) is 0 Å². The van der Waals surface area contributed by atoms with Gasteiger partial charge in [0, 0.05) is 6.08 Å². The summed E-state index contributed by atoms with van der Waals surface area (Å²) in [6.07, 6.45) is 7.70. The highest BCUT2D eigenvalue weighted by Crippen LogP contribution is 1.98. The van der Waals surface area contributed by atoms with Crippen LogP contribution < -0.4 is 0 Å². The van der Waals surface area contributed by atoms with E-state index in [-0.39, 0.29) is 13.4 Å². The molecule has 0 N–H and O–H groups in total. The van der Waals surface area contributed by atoms with Crippen molar-refractivity contribution in [2.45, 2.75) is 39.5 Å². The largest absolute Gasteiger partial charge is 0.463 e. The molecule has 0 rings (SSSR count). The maximum atomic E-state index is 10.8. The predicted octanol–water partition coefficient (Wildman–Crippen LogP) is 3.14. The number of esters is 1. The van der Waals surface area contributed by atoms with Gasteiger partial charge in [-0.25, -0.2) is 4.79 Å². The van der Waals surface area contributed by atoms with E-state index in [2.05, 4.69) is 6.92 Å². The van der Waals surface area contributed by atoms with Gasteiger partial charge in [-0.15, -0.1) is 0 Å². The minimum absolute atomic E-state index is 0. The van der Waals surface area contributed by atoms with Crippen molar-refractivity contribution in [1.29, 1.82) is 0 Å². The van der Waals surface area contributed by atoms with E-state index in [9.17, 15) is 4.79 Å². The second kappa shape index (κ2) is 11.2. The molecular weight excluding hydrogens is 164 g/mol. The van der Waals surface area contributed by atoms with E-state index in [4.69, 9.17) is 4.74 Å². The first-order chi connectivity index (χ1) is 5.81. The number of carbonyl (C=O) groups is 1. The SMILES string of the molecule is CC=CC(=O)OCCCCCC.[CH3]. The van der Waals surface area contributed by atoms with Crippen molar-refractivity contribution in [2.75, 3.05) is 6.61 Å². The van der Waals surface area contributed by atoms with Gasteiger partial charge in [-0.05, 0) is 13.3 Å². The van der Waals surface area contributed by atoms with Gasteiger partial charge in [-0.1, -0.05) is 39.7 Å². The monoisotopic (exact) mass is 185 g/mol. The summed E-state index contributed by atoms with van der Waals surface area (Å²) in [5.74, 6) is -0.228. The second-order valence-electron chi connectivity index (χ2n) is 2.73. The third-order valence-corrected chi connectivity index (χ3v) is 1.54. The Labute approximate surface area is 82.0 Å². The molecule has 0 aromatic rings. The van der Waals surface area contributed by atoms with E-state index in [0.29, 0.717) is 6.61 Å². The van der Waals surface area contributed by atoms with Crippen molar-refractivity contribution in [1.82, 2.24) is 0 Å². The van der Waals surface area contributed by atoms with Gasteiger partial charge in [-0.3, -0.25) is 0 Å². The average Bonchev–Trinajstić information content (AvgIpc) is 2.05. The summed E-state index contributed by atoms with van der Waals surface area (Å²) >= 11 is 0. The molecule has 0 aliphatic carbocycles. The van der Waals surface area contributed by atoms with Crippen molar-refractivity contribution >= 4 is 5.97 Å². The third-order valence-electron chi connectivity index (χ3n) is 1.54. The Morgan fingerprint density at radius 1 is 1.31 bits per heavy atom. The van der Waals surface area contributed by atoms with E-state index >= 15 is 0 Å². The molecule has 0 unspecified atom stereocenters. The first kappa shape index (κ1) is 14.7. The topological polar surface area (TPSA) is 26.3 Å². The van der Waals surface area contributed by atoms with E-state index in [1.54, 1.807) is 13.0 Å². The molecule has 0 aliphatic rings. The lowest BCUT2D eigenvalue weighted by Crippen LogP contribution is -2.01. The van der Waals surface area contributed by atoms with Crippen LogP contribution in [0, 0.1) is 7.43 Å². The van der Waals surface area contributed by atoms with Crippen LogP contribution in [-0.4, -0.2) is 12.6 Å². The standard InChI is InChI=1S/C10H18O2.CH3/c1-3-5-6-7-9-12-10(11)8-4-2;/h4,8H,3,5-7,9H2,1-2H3;1H3. The summed E-state index contributed by atoms with van der Waals surface area (Å²) in [4.78, 5) is 10.8. The Balaban J connectivity index is 0. The molecule has 0 spiro atoms. The minimum atomic E-state index is -0.228. The van der Waals surface area contributed by atoms with Crippen LogP contribution in [0.5, 0.6) is 0 Å². The minimum Gasteiger partial charge on any atom is -0.463 e. The van der Waals surface area contributed by atoms with Gasteiger partial charge in [0.1, 0.15) is 0 Å². The number of allylic oxidation sites excluding steroid dienone is 1. The molecule has 0 fully saturated rings. The number of hydrogen-bond acceptors (Lipinski definition) is 2. The van der Waals surface area contributed by atoms with Gasteiger partial charge in [0.25, 0.3) is 0 Å². The van der Waals surface area contributed by atoms with Gasteiger partial charge in [0.05, 0.1) is 6.61 Å². The Hall–Kier alpha value is -0.790. The van der Waals surface area contributed by atoms with Gasteiger partial charge < -0.3 is 4.74 Å². The zero-order chi connectivity index (χ0) is 9.23. The first-order valence-electron chi connectivity index (χ1n) is 4.60. The quantitative estimate of drug-likeness (QED) is 0.361. The lowest BCUT2D eigenvalue weighted by atomic mass is 10.2. The molecule has 0 saturated carbocycles. The Bertz CT molecular complexity index is 139. The van der Waals surface area contributed by atoms with E-state index in [0.717, 1.165) is 12.8 Å². The summed E-state index contributed by atoms with van der Waals surface area (Å²) < 4.78 is 4.90.